The molecule has 0 spiro atoms. The van der Waals surface area contributed by atoms with Crippen molar-refractivity contribution in [1.29, 1.82) is 0 Å². The lowest BCUT2D eigenvalue weighted by molar-refractivity contribution is -0.121. The molecule has 1 rings (SSSR count). The number of carbonyl (C=O) groups is 2. The Morgan fingerprint density at radius 2 is 2.20 bits per heavy atom. The summed E-state index contributed by atoms with van der Waals surface area (Å²) in [6.45, 7) is 2.84. The smallest absolute Gasteiger partial charge is 0.266 e. The fourth-order valence-electron chi connectivity index (χ4n) is 1.58. The summed E-state index contributed by atoms with van der Waals surface area (Å²) in [6.07, 6.45) is 0.740. The van der Waals surface area contributed by atoms with Crippen molar-refractivity contribution in [3.63, 3.8) is 0 Å². The van der Waals surface area contributed by atoms with Crippen molar-refractivity contribution in [2.75, 3.05) is 39.6 Å². The Balaban J connectivity index is 2.45. The molecule has 0 bridgehead atoms. The molecule has 0 saturated carbocycles. The molecule has 0 aliphatic carbocycles. The van der Waals surface area contributed by atoms with Crippen LogP contribution in [-0.4, -0.2) is 55.6 Å². The summed E-state index contributed by atoms with van der Waals surface area (Å²) < 4.78 is 4.88. The van der Waals surface area contributed by atoms with Crippen LogP contribution in [0.15, 0.2) is 0 Å². The summed E-state index contributed by atoms with van der Waals surface area (Å²) >= 11 is 1.13. The summed E-state index contributed by atoms with van der Waals surface area (Å²) in [6, 6.07) is 0. The number of hydrogen-bond acceptors (Lipinski definition) is 6. The highest BCUT2D eigenvalue weighted by Crippen LogP contribution is 2.20. The Labute approximate surface area is 122 Å². The van der Waals surface area contributed by atoms with Crippen molar-refractivity contribution in [2.45, 2.75) is 13.3 Å². The third kappa shape index (κ3) is 4.78. The Morgan fingerprint density at radius 3 is 2.75 bits per heavy atom. The van der Waals surface area contributed by atoms with Crippen molar-refractivity contribution in [3.05, 3.63) is 10.6 Å². The number of carbonyl (C=O) groups excluding carboxylic acids is 2. The molecule has 2 amide bonds. The summed E-state index contributed by atoms with van der Waals surface area (Å²) in [5.41, 5.74) is 6.15. The van der Waals surface area contributed by atoms with Gasteiger partial charge in [-0.15, -0.1) is 0 Å². The number of amides is 2. The number of thiazole rings is 1. The molecule has 1 heterocycles. The number of anilines is 1. The number of nitrogens with zero attached hydrogens (tertiary/aromatic N) is 2. The number of nitrogens with two attached hydrogens (primary N) is 1. The van der Waals surface area contributed by atoms with Gasteiger partial charge in [0.15, 0.2) is 5.13 Å². The Bertz CT molecular complexity index is 475. The molecular formula is C12H20N4O3S. The van der Waals surface area contributed by atoms with E-state index in [0.29, 0.717) is 28.9 Å². The lowest BCUT2D eigenvalue weighted by Gasteiger charge is -2.16. The molecule has 8 heteroatoms. The molecule has 0 fully saturated rings. The number of likely N-dealkylation sites (N-methyl/N-ethyl adjacent to an activating group) is 1. The second-order valence-corrected chi connectivity index (χ2v) is 5.35. The third-order valence-corrected chi connectivity index (χ3v) is 3.56. The first-order chi connectivity index (χ1) is 9.45. The monoisotopic (exact) mass is 300 g/mol. The SMILES string of the molecule is COCCCNC(=O)CN(C)C(=O)c1sc(N)nc1C. The predicted molar refractivity (Wildman–Crippen MR) is 77.7 cm³/mol. The van der Waals surface area contributed by atoms with Crippen LogP contribution in [0.3, 0.4) is 0 Å². The Kier molecular flexibility index (Phi) is 6.40. The fraction of sp³-hybridized carbons (Fsp3) is 0.583. The van der Waals surface area contributed by atoms with Gasteiger partial charge in [0.05, 0.1) is 12.2 Å². The van der Waals surface area contributed by atoms with Gasteiger partial charge in [-0.2, -0.15) is 0 Å². The van der Waals surface area contributed by atoms with Gasteiger partial charge in [-0.05, 0) is 13.3 Å². The normalized spacial score (nSPS) is 10.3. The minimum absolute atomic E-state index is 0.00304. The molecule has 7 nitrogen and oxygen atoms in total. The fourth-order valence-corrected chi connectivity index (χ4v) is 2.40. The lowest BCUT2D eigenvalue weighted by Crippen LogP contribution is -2.38. The maximum atomic E-state index is 12.1. The van der Waals surface area contributed by atoms with Crippen molar-refractivity contribution >= 4 is 28.3 Å². The van der Waals surface area contributed by atoms with Gasteiger partial charge in [0.1, 0.15) is 4.88 Å². The van der Waals surface area contributed by atoms with Crippen molar-refractivity contribution < 1.29 is 14.3 Å². The second-order valence-electron chi connectivity index (χ2n) is 4.32. The average molecular weight is 300 g/mol. The van der Waals surface area contributed by atoms with E-state index in [1.54, 1.807) is 21.1 Å². The van der Waals surface area contributed by atoms with Crippen LogP contribution in [0, 0.1) is 6.92 Å². The third-order valence-electron chi connectivity index (χ3n) is 2.58. The molecule has 0 saturated heterocycles. The van der Waals surface area contributed by atoms with E-state index >= 15 is 0 Å². The quantitative estimate of drug-likeness (QED) is 0.704. The van der Waals surface area contributed by atoms with E-state index in [1.165, 1.54) is 4.90 Å². The topological polar surface area (TPSA) is 97.5 Å². The molecule has 1 aromatic rings. The average Bonchev–Trinajstić information content (AvgIpc) is 2.72. The summed E-state index contributed by atoms with van der Waals surface area (Å²) in [4.78, 5) is 29.6. The maximum Gasteiger partial charge on any atom is 0.266 e. The van der Waals surface area contributed by atoms with E-state index in [4.69, 9.17) is 10.5 Å². The summed E-state index contributed by atoms with van der Waals surface area (Å²) in [5.74, 6) is -0.448. The van der Waals surface area contributed by atoms with Gasteiger partial charge in [-0.3, -0.25) is 9.59 Å². The lowest BCUT2D eigenvalue weighted by atomic mass is 10.3. The molecule has 0 aliphatic heterocycles. The zero-order valence-electron chi connectivity index (χ0n) is 11.9. The number of ether oxygens (including phenoxy) is 1. The number of aryl methyl sites for hydroxylation is 1. The standard InChI is InChI=1S/C12H20N4O3S/c1-8-10(20-12(13)15-8)11(18)16(2)7-9(17)14-5-4-6-19-3/h4-7H2,1-3H3,(H2,13,15)(H,14,17). The van der Waals surface area contributed by atoms with Crippen molar-refractivity contribution in [1.82, 2.24) is 15.2 Å². The van der Waals surface area contributed by atoms with Crippen LogP contribution in [0.1, 0.15) is 21.8 Å². The highest BCUT2D eigenvalue weighted by Gasteiger charge is 2.19. The van der Waals surface area contributed by atoms with Gasteiger partial charge < -0.3 is 20.7 Å². The van der Waals surface area contributed by atoms with Crippen molar-refractivity contribution in [3.8, 4) is 0 Å². The molecular weight excluding hydrogens is 280 g/mol. The zero-order chi connectivity index (χ0) is 15.1. The molecule has 0 atom stereocenters. The van der Waals surface area contributed by atoms with Gasteiger partial charge in [-0.1, -0.05) is 11.3 Å². The van der Waals surface area contributed by atoms with E-state index in [2.05, 4.69) is 10.3 Å². The minimum atomic E-state index is -0.247. The molecule has 0 radical (unpaired) electrons. The number of aromatic nitrogens is 1. The van der Waals surface area contributed by atoms with E-state index in [0.717, 1.165) is 17.8 Å². The van der Waals surface area contributed by atoms with Crippen molar-refractivity contribution in [2.24, 2.45) is 0 Å². The van der Waals surface area contributed by atoms with Gasteiger partial charge >= 0.3 is 0 Å². The summed E-state index contributed by atoms with van der Waals surface area (Å²) in [7, 11) is 3.18. The first-order valence-electron chi connectivity index (χ1n) is 6.19. The molecule has 3 N–H and O–H groups in total. The number of methoxy groups -OCH3 is 1. The van der Waals surface area contributed by atoms with Crippen LogP contribution in [-0.2, 0) is 9.53 Å². The number of nitrogens with one attached hydrogen (secondary N) is 1. The molecule has 0 unspecified atom stereocenters. The van der Waals surface area contributed by atoms with Crippen LogP contribution in [0.5, 0.6) is 0 Å². The predicted octanol–water partition coefficient (Wildman–Crippen LogP) is 0.258. The maximum absolute atomic E-state index is 12.1. The zero-order valence-corrected chi connectivity index (χ0v) is 12.7. The minimum Gasteiger partial charge on any atom is -0.385 e. The number of nitrogen functional groups attached to an aromatic ring is 1. The highest BCUT2D eigenvalue weighted by molar-refractivity contribution is 7.17. The van der Waals surface area contributed by atoms with E-state index < -0.39 is 0 Å². The van der Waals surface area contributed by atoms with Crippen LogP contribution < -0.4 is 11.1 Å². The molecule has 20 heavy (non-hydrogen) atoms. The summed E-state index contributed by atoms with van der Waals surface area (Å²) in [5, 5.41) is 3.08. The molecule has 112 valence electrons. The van der Waals surface area contributed by atoms with Gasteiger partial charge in [0.25, 0.3) is 5.91 Å². The van der Waals surface area contributed by atoms with Gasteiger partial charge in [0, 0.05) is 27.3 Å². The highest BCUT2D eigenvalue weighted by atomic mass is 32.1. The number of hydrogen-bond donors (Lipinski definition) is 2. The van der Waals surface area contributed by atoms with E-state index in [-0.39, 0.29) is 18.4 Å². The van der Waals surface area contributed by atoms with E-state index in [9.17, 15) is 9.59 Å². The largest absolute Gasteiger partial charge is 0.385 e. The van der Waals surface area contributed by atoms with Crippen LogP contribution in [0.25, 0.3) is 0 Å². The molecule has 1 aromatic heterocycles. The van der Waals surface area contributed by atoms with Gasteiger partial charge in [-0.25, -0.2) is 4.98 Å². The molecule has 0 aromatic carbocycles. The van der Waals surface area contributed by atoms with Crippen LogP contribution in [0.2, 0.25) is 0 Å². The Hall–Kier alpha value is -1.67. The van der Waals surface area contributed by atoms with Crippen LogP contribution >= 0.6 is 11.3 Å². The second kappa shape index (κ2) is 7.81. The number of rotatable bonds is 7. The first-order valence-corrected chi connectivity index (χ1v) is 7.01. The van der Waals surface area contributed by atoms with Gasteiger partial charge in [0.2, 0.25) is 5.91 Å². The van der Waals surface area contributed by atoms with Crippen LogP contribution in [0.4, 0.5) is 5.13 Å². The Morgan fingerprint density at radius 1 is 1.50 bits per heavy atom. The molecule has 0 aliphatic rings. The van der Waals surface area contributed by atoms with E-state index in [1.807, 2.05) is 0 Å². The first kappa shape index (κ1) is 16.4.